The number of anilines is 1. The van der Waals surface area contributed by atoms with E-state index in [4.69, 9.17) is 9.72 Å². The first kappa shape index (κ1) is 15.9. The molecule has 24 heavy (non-hydrogen) atoms. The maximum absolute atomic E-state index is 10.4. The Labute approximate surface area is 141 Å². The van der Waals surface area contributed by atoms with Crippen LogP contribution in [0.25, 0.3) is 11.0 Å². The highest BCUT2D eigenvalue weighted by Crippen LogP contribution is 2.36. The molecule has 2 fully saturated rings. The van der Waals surface area contributed by atoms with Crippen LogP contribution in [0.5, 0.6) is 0 Å². The van der Waals surface area contributed by atoms with Crippen molar-refractivity contribution in [3.8, 4) is 0 Å². The van der Waals surface area contributed by atoms with Crippen LogP contribution in [0.3, 0.4) is 0 Å². The first-order valence-corrected chi connectivity index (χ1v) is 8.87. The molecule has 2 aliphatic rings. The SMILES string of the molecule is OCCn1c(N2CCC3(CC2)OCCCC3O)nc2ccccc21. The van der Waals surface area contributed by atoms with Crippen LogP contribution in [0.1, 0.15) is 25.7 Å². The number of aliphatic hydroxyl groups is 2. The summed E-state index contributed by atoms with van der Waals surface area (Å²) in [4.78, 5) is 7.04. The van der Waals surface area contributed by atoms with Gasteiger partial charge in [0.2, 0.25) is 5.95 Å². The van der Waals surface area contributed by atoms with E-state index in [-0.39, 0.29) is 18.3 Å². The van der Waals surface area contributed by atoms with Crippen LogP contribution in [0.4, 0.5) is 5.95 Å². The van der Waals surface area contributed by atoms with Gasteiger partial charge in [-0.25, -0.2) is 4.98 Å². The fourth-order valence-corrected chi connectivity index (χ4v) is 4.10. The van der Waals surface area contributed by atoms with Gasteiger partial charge >= 0.3 is 0 Å². The first-order valence-electron chi connectivity index (χ1n) is 8.87. The second kappa shape index (κ2) is 6.35. The van der Waals surface area contributed by atoms with Gasteiger partial charge in [0.1, 0.15) is 0 Å². The van der Waals surface area contributed by atoms with Crippen molar-refractivity contribution in [3.05, 3.63) is 24.3 Å². The quantitative estimate of drug-likeness (QED) is 0.893. The molecular formula is C18H25N3O3. The summed E-state index contributed by atoms with van der Waals surface area (Å²) in [6.45, 7) is 3.00. The van der Waals surface area contributed by atoms with Crippen molar-refractivity contribution in [2.24, 2.45) is 0 Å². The largest absolute Gasteiger partial charge is 0.395 e. The number of hydrogen-bond donors (Lipinski definition) is 2. The van der Waals surface area contributed by atoms with Crippen LogP contribution in [-0.4, -0.2) is 57.8 Å². The zero-order valence-electron chi connectivity index (χ0n) is 13.9. The zero-order chi connectivity index (χ0) is 16.6. The van der Waals surface area contributed by atoms with Gasteiger partial charge < -0.3 is 24.4 Å². The van der Waals surface area contributed by atoms with E-state index in [0.29, 0.717) is 6.54 Å². The van der Waals surface area contributed by atoms with Gasteiger partial charge in [0.25, 0.3) is 0 Å². The average molecular weight is 331 g/mol. The zero-order valence-corrected chi connectivity index (χ0v) is 13.9. The highest BCUT2D eigenvalue weighted by Gasteiger charge is 2.44. The molecule has 1 atom stereocenters. The maximum atomic E-state index is 10.4. The van der Waals surface area contributed by atoms with Crippen molar-refractivity contribution in [1.82, 2.24) is 9.55 Å². The fourth-order valence-electron chi connectivity index (χ4n) is 4.10. The molecule has 3 heterocycles. The lowest BCUT2D eigenvalue weighted by molar-refractivity contribution is -0.164. The molecule has 1 aromatic carbocycles. The molecule has 0 amide bonds. The Kier molecular flexibility index (Phi) is 4.20. The monoisotopic (exact) mass is 331 g/mol. The molecule has 2 aromatic rings. The summed E-state index contributed by atoms with van der Waals surface area (Å²) in [6, 6.07) is 8.03. The molecule has 6 nitrogen and oxygen atoms in total. The number of aromatic nitrogens is 2. The number of para-hydroxylation sites is 2. The lowest BCUT2D eigenvalue weighted by Gasteiger charge is -2.46. The third-order valence-corrected chi connectivity index (χ3v) is 5.47. The molecule has 2 aliphatic heterocycles. The van der Waals surface area contributed by atoms with E-state index in [9.17, 15) is 10.2 Å². The Balaban J connectivity index is 1.59. The van der Waals surface area contributed by atoms with Gasteiger partial charge in [-0.15, -0.1) is 0 Å². The van der Waals surface area contributed by atoms with Gasteiger partial charge in [-0.3, -0.25) is 0 Å². The Morgan fingerprint density at radius 1 is 1.25 bits per heavy atom. The molecule has 0 aliphatic carbocycles. The molecule has 2 saturated heterocycles. The number of benzene rings is 1. The molecule has 130 valence electrons. The van der Waals surface area contributed by atoms with E-state index in [0.717, 1.165) is 62.4 Å². The Morgan fingerprint density at radius 2 is 2.04 bits per heavy atom. The summed E-state index contributed by atoms with van der Waals surface area (Å²) in [5.74, 6) is 0.908. The van der Waals surface area contributed by atoms with E-state index in [1.165, 1.54) is 0 Å². The molecule has 2 N–H and O–H groups in total. The van der Waals surface area contributed by atoms with Gasteiger partial charge in [-0.1, -0.05) is 12.1 Å². The van der Waals surface area contributed by atoms with Crippen molar-refractivity contribution in [1.29, 1.82) is 0 Å². The predicted octanol–water partition coefficient (Wildman–Crippen LogP) is 1.54. The standard InChI is InChI=1S/C18H25N3O3/c22-12-11-21-15-5-2-1-4-14(15)19-17(21)20-9-7-18(8-10-20)16(23)6-3-13-24-18/h1-2,4-5,16,22-23H,3,6-13H2. The van der Waals surface area contributed by atoms with Crippen LogP contribution in [0, 0.1) is 0 Å². The van der Waals surface area contributed by atoms with Gasteiger partial charge in [0, 0.05) is 26.2 Å². The van der Waals surface area contributed by atoms with E-state index in [1.807, 2.05) is 24.3 Å². The Morgan fingerprint density at radius 3 is 2.79 bits per heavy atom. The number of piperidine rings is 1. The van der Waals surface area contributed by atoms with Gasteiger partial charge in [0.15, 0.2) is 0 Å². The molecule has 1 aromatic heterocycles. The predicted molar refractivity (Wildman–Crippen MR) is 92.2 cm³/mol. The minimum absolute atomic E-state index is 0.0902. The number of ether oxygens (including phenoxy) is 1. The summed E-state index contributed by atoms with van der Waals surface area (Å²) in [7, 11) is 0. The summed E-state index contributed by atoms with van der Waals surface area (Å²) < 4.78 is 8.08. The van der Waals surface area contributed by atoms with Gasteiger partial charge in [-0.05, 0) is 37.8 Å². The topological polar surface area (TPSA) is 70.8 Å². The highest BCUT2D eigenvalue weighted by atomic mass is 16.5. The summed E-state index contributed by atoms with van der Waals surface area (Å²) in [5.41, 5.74) is 1.63. The second-order valence-corrected chi connectivity index (χ2v) is 6.83. The van der Waals surface area contributed by atoms with Crippen molar-refractivity contribution in [3.63, 3.8) is 0 Å². The second-order valence-electron chi connectivity index (χ2n) is 6.83. The fraction of sp³-hybridized carbons (Fsp3) is 0.611. The molecule has 6 heteroatoms. The maximum Gasteiger partial charge on any atom is 0.206 e. The normalized spacial score (nSPS) is 23.9. The van der Waals surface area contributed by atoms with Crippen molar-refractivity contribution >= 4 is 17.0 Å². The first-order chi connectivity index (χ1) is 11.7. The number of imidazole rings is 1. The minimum Gasteiger partial charge on any atom is -0.395 e. The molecule has 0 radical (unpaired) electrons. The third kappa shape index (κ3) is 2.59. The number of aliphatic hydroxyl groups excluding tert-OH is 2. The molecule has 0 bridgehead atoms. The van der Waals surface area contributed by atoms with E-state index in [1.54, 1.807) is 0 Å². The lowest BCUT2D eigenvalue weighted by atomic mass is 9.82. The van der Waals surface area contributed by atoms with Crippen molar-refractivity contribution < 1.29 is 14.9 Å². The minimum atomic E-state index is -0.372. The molecule has 4 rings (SSSR count). The number of hydrogen-bond acceptors (Lipinski definition) is 5. The molecular weight excluding hydrogens is 306 g/mol. The Bertz CT molecular complexity index is 707. The summed E-state index contributed by atoms with van der Waals surface area (Å²) in [6.07, 6.45) is 3.05. The number of nitrogens with zero attached hydrogens (tertiary/aromatic N) is 3. The Hall–Kier alpha value is -1.63. The van der Waals surface area contributed by atoms with E-state index < -0.39 is 0 Å². The smallest absolute Gasteiger partial charge is 0.206 e. The highest BCUT2D eigenvalue weighted by molar-refractivity contribution is 5.78. The third-order valence-electron chi connectivity index (χ3n) is 5.47. The van der Waals surface area contributed by atoms with Crippen LogP contribution in [0.15, 0.2) is 24.3 Å². The number of fused-ring (bicyclic) bond motifs is 1. The van der Waals surface area contributed by atoms with Gasteiger partial charge in [0.05, 0.1) is 29.3 Å². The van der Waals surface area contributed by atoms with Gasteiger partial charge in [-0.2, -0.15) is 0 Å². The van der Waals surface area contributed by atoms with Crippen LogP contribution in [-0.2, 0) is 11.3 Å². The lowest BCUT2D eigenvalue weighted by Crippen LogP contribution is -2.55. The van der Waals surface area contributed by atoms with Crippen LogP contribution in [0.2, 0.25) is 0 Å². The van der Waals surface area contributed by atoms with Crippen LogP contribution >= 0.6 is 0 Å². The molecule has 1 spiro atoms. The van der Waals surface area contributed by atoms with Crippen molar-refractivity contribution in [2.45, 2.75) is 43.9 Å². The average Bonchev–Trinajstić information content (AvgIpc) is 2.98. The van der Waals surface area contributed by atoms with E-state index >= 15 is 0 Å². The molecule has 0 saturated carbocycles. The van der Waals surface area contributed by atoms with Crippen LogP contribution < -0.4 is 4.90 Å². The van der Waals surface area contributed by atoms with Crippen molar-refractivity contribution in [2.75, 3.05) is 31.2 Å². The summed E-state index contributed by atoms with van der Waals surface area (Å²) >= 11 is 0. The van der Waals surface area contributed by atoms with E-state index in [2.05, 4.69) is 9.47 Å². The summed E-state index contributed by atoms with van der Waals surface area (Å²) in [5, 5.41) is 19.8. The number of rotatable bonds is 3. The molecule has 1 unspecified atom stereocenters.